The maximum absolute atomic E-state index is 13.6. The molecule has 1 atom stereocenters. The van der Waals surface area contributed by atoms with Crippen molar-refractivity contribution in [3.8, 4) is 0 Å². The Labute approximate surface area is 228 Å². The van der Waals surface area contributed by atoms with Gasteiger partial charge in [0.25, 0.3) is 11.9 Å². The number of amides is 3. The second kappa shape index (κ2) is 12.3. The van der Waals surface area contributed by atoms with Crippen molar-refractivity contribution < 1.29 is 9.59 Å². The first kappa shape index (κ1) is 26.1. The number of H-pyrrole nitrogens is 1. The van der Waals surface area contributed by atoms with Crippen molar-refractivity contribution in [3.05, 3.63) is 101 Å². The van der Waals surface area contributed by atoms with Gasteiger partial charge >= 0.3 is 6.03 Å². The van der Waals surface area contributed by atoms with E-state index >= 15 is 0 Å². The molecule has 39 heavy (non-hydrogen) atoms. The van der Waals surface area contributed by atoms with Crippen LogP contribution >= 0.6 is 0 Å². The van der Waals surface area contributed by atoms with E-state index < -0.39 is 0 Å². The maximum atomic E-state index is 13.6. The molecule has 0 unspecified atom stereocenters. The maximum Gasteiger partial charge on any atom is 0.322 e. The first-order valence-corrected chi connectivity index (χ1v) is 13.4. The largest absolute Gasteiger partial charge is 0.331 e. The highest BCUT2D eigenvalue weighted by Crippen LogP contribution is 2.33. The van der Waals surface area contributed by atoms with Crippen LogP contribution in [0.4, 0.5) is 16.4 Å². The Morgan fingerprint density at radius 2 is 1.67 bits per heavy atom. The quantitative estimate of drug-likeness (QED) is 0.263. The van der Waals surface area contributed by atoms with Crippen molar-refractivity contribution in [2.45, 2.75) is 57.5 Å². The van der Waals surface area contributed by atoms with Gasteiger partial charge in [0.05, 0.1) is 12.6 Å². The molecule has 0 bridgehead atoms. The molecule has 3 N–H and O–H groups in total. The van der Waals surface area contributed by atoms with E-state index in [1.165, 1.54) is 37.7 Å². The van der Waals surface area contributed by atoms with Crippen molar-refractivity contribution in [2.75, 3.05) is 10.2 Å². The van der Waals surface area contributed by atoms with E-state index in [-0.39, 0.29) is 23.9 Å². The summed E-state index contributed by atoms with van der Waals surface area (Å²) < 4.78 is 0. The lowest BCUT2D eigenvalue weighted by atomic mass is 9.84. The number of carbonyl (C=O) groups excluding carboxylic acids is 2. The number of urea groups is 1. The minimum Gasteiger partial charge on any atom is -0.331 e. The minimum atomic E-state index is -0.340. The van der Waals surface area contributed by atoms with Crippen LogP contribution in [0.1, 0.15) is 78.0 Å². The fourth-order valence-corrected chi connectivity index (χ4v) is 5.06. The summed E-state index contributed by atoms with van der Waals surface area (Å²) in [5.41, 5.74) is 4.55. The third-order valence-electron chi connectivity index (χ3n) is 7.29. The smallest absolute Gasteiger partial charge is 0.322 e. The summed E-state index contributed by atoms with van der Waals surface area (Å²) in [5, 5.41) is 19.0. The van der Waals surface area contributed by atoms with E-state index in [2.05, 4.69) is 43.4 Å². The van der Waals surface area contributed by atoms with E-state index in [0.717, 1.165) is 16.8 Å². The Kier molecular flexibility index (Phi) is 8.26. The molecule has 9 nitrogen and oxygen atoms in total. The highest BCUT2D eigenvalue weighted by Gasteiger charge is 2.21. The number of nitrogens with zero attached hydrogens (tertiary/aromatic N) is 4. The Morgan fingerprint density at radius 1 is 0.949 bits per heavy atom. The summed E-state index contributed by atoms with van der Waals surface area (Å²) in [6, 6.07) is 25.1. The topological polar surface area (TPSA) is 116 Å². The van der Waals surface area contributed by atoms with E-state index in [1.54, 1.807) is 17.0 Å². The monoisotopic (exact) mass is 523 g/mol. The van der Waals surface area contributed by atoms with E-state index in [4.69, 9.17) is 0 Å². The van der Waals surface area contributed by atoms with Gasteiger partial charge in [0.1, 0.15) is 0 Å². The summed E-state index contributed by atoms with van der Waals surface area (Å²) in [6.45, 7) is 2.33. The van der Waals surface area contributed by atoms with Crippen molar-refractivity contribution in [1.29, 1.82) is 0 Å². The van der Waals surface area contributed by atoms with Crippen molar-refractivity contribution in [2.24, 2.45) is 0 Å². The predicted octanol–water partition coefficient (Wildman–Crippen LogP) is 5.98. The SMILES string of the molecule is C[C@@H](NC(=O)N(Cc1ccc(C(=O)Nc2nn[nH]n2)cc1)c1ccc(C2CCCCC2)cc1)c1ccccc1. The first-order valence-electron chi connectivity index (χ1n) is 13.4. The molecule has 3 aromatic carbocycles. The zero-order valence-electron chi connectivity index (χ0n) is 22.0. The zero-order chi connectivity index (χ0) is 27.0. The molecule has 1 aromatic heterocycles. The predicted molar refractivity (Wildman–Crippen MR) is 150 cm³/mol. The van der Waals surface area contributed by atoms with Gasteiger partial charge in [-0.05, 0) is 71.9 Å². The van der Waals surface area contributed by atoms with Crippen LogP contribution in [0.2, 0.25) is 0 Å². The molecule has 4 aromatic rings. The number of aromatic nitrogens is 4. The highest BCUT2D eigenvalue weighted by atomic mass is 16.2. The molecule has 1 heterocycles. The molecule has 1 aliphatic carbocycles. The van der Waals surface area contributed by atoms with E-state index in [0.29, 0.717) is 18.0 Å². The van der Waals surface area contributed by atoms with Crippen molar-refractivity contribution >= 4 is 23.6 Å². The van der Waals surface area contributed by atoms with Crippen LogP contribution in [-0.4, -0.2) is 32.6 Å². The normalized spacial score (nSPS) is 14.4. The standard InChI is InChI=1S/C30H33N7O2/c1-21(23-8-4-2-5-9-23)31-30(39)37(27-18-16-25(17-19-27)24-10-6-3-7-11-24)20-22-12-14-26(15-13-22)28(38)32-29-33-35-36-34-29/h2,4-5,8-9,12-19,21,24H,3,6-7,10-11,20H2,1H3,(H,31,39)(H2,32,33,34,35,36,38)/t21-/m1/s1. The average molecular weight is 524 g/mol. The minimum absolute atomic E-state index is 0.108. The van der Waals surface area contributed by atoms with Gasteiger partial charge in [0.2, 0.25) is 0 Å². The fourth-order valence-electron chi connectivity index (χ4n) is 5.06. The third kappa shape index (κ3) is 6.67. The van der Waals surface area contributed by atoms with Crippen molar-refractivity contribution in [1.82, 2.24) is 25.9 Å². The lowest BCUT2D eigenvalue weighted by Gasteiger charge is -2.27. The molecule has 0 saturated heterocycles. The van der Waals surface area contributed by atoms with Gasteiger partial charge in [-0.2, -0.15) is 5.21 Å². The summed E-state index contributed by atoms with van der Waals surface area (Å²) in [7, 11) is 0. The number of benzene rings is 3. The molecule has 9 heteroatoms. The van der Waals surface area contributed by atoms with Crippen LogP contribution in [0.15, 0.2) is 78.9 Å². The molecule has 200 valence electrons. The van der Waals surface area contributed by atoms with E-state index in [9.17, 15) is 9.59 Å². The molecule has 0 spiro atoms. The van der Waals surface area contributed by atoms with Crippen LogP contribution in [0.25, 0.3) is 0 Å². The lowest BCUT2D eigenvalue weighted by molar-refractivity contribution is 0.102. The second-order valence-electron chi connectivity index (χ2n) is 9.98. The number of tetrazole rings is 1. The fraction of sp³-hybridized carbons (Fsp3) is 0.300. The van der Waals surface area contributed by atoms with Gasteiger partial charge in [-0.25, -0.2) is 4.79 Å². The Morgan fingerprint density at radius 3 is 2.33 bits per heavy atom. The summed E-state index contributed by atoms with van der Waals surface area (Å²) in [6.07, 6.45) is 6.33. The van der Waals surface area contributed by atoms with Gasteiger partial charge in [0, 0.05) is 11.3 Å². The summed E-state index contributed by atoms with van der Waals surface area (Å²) >= 11 is 0. The van der Waals surface area contributed by atoms with Gasteiger partial charge in [-0.15, -0.1) is 5.10 Å². The van der Waals surface area contributed by atoms with Gasteiger partial charge in [-0.1, -0.05) is 79.0 Å². The number of carbonyl (C=O) groups is 2. The molecule has 5 rings (SSSR count). The van der Waals surface area contributed by atoms with Crippen molar-refractivity contribution in [3.63, 3.8) is 0 Å². The molecular formula is C30H33N7O2. The van der Waals surface area contributed by atoms with Crippen LogP contribution in [0.3, 0.4) is 0 Å². The number of anilines is 2. The molecule has 1 saturated carbocycles. The Hall–Kier alpha value is -4.53. The lowest BCUT2D eigenvalue weighted by Crippen LogP contribution is -2.40. The first-order chi connectivity index (χ1) is 19.1. The number of hydrogen-bond acceptors (Lipinski definition) is 5. The van der Waals surface area contributed by atoms with Crippen LogP contribution in [0, 0.1) is 0 Å². The third-order valence-corrected chi connectivity index (χ3v) is 7.29. The van der Waals surface area contributed by atoms with Crippen LogP contribution < -0.4 is 15.5 Å². The second-order valence-corrected chi connectivity index (χ2v) is 9.98. The molecule has 0 radical (unpaired) electrons. The van der Waals surface area contributed by atoms with E-state index in [1.807, 2.05) is 61.5 Å². The number of nitrogens with one attached hydrogen (secondary N) is 3. The highest BCUT2D eigenvalue weighted by molar-refractivity contribution is 6.03. The Bertz CT molecular complexity index is 1350. The summed E-state index contributed by atoms with van der Waals surface area (Å²) in [4.78, 5) is 27.8. The summed E-state index contributed by atoms with van der Waals surface area (Å²) in [5.74, 6) is 0.364. The Balaban J connectivity index is 1.34. The van der Waals surface area contributed by atoms with Crippen LogP contribution in [-0.2, 0) is 6.54 Å². The van der Waals surface area contributed by atoms with Crippen LogP contribution in [0.5, 0.6) is 0 Å². The number of hydrogen-bond donors (Lipinski definition) is 3. The zero-order valence-corrected chi connectivity index (χ0v) is 22.0. The van der Waals surface area contributed by atoms with Gasteiger partial charge in [-0.3, -0.25) is 15.0 Å². The number of aromatic amines is 1. The molecule has 1 aliphatic rings. The molecule has 1 fully saturated rings. The average Bonchev–Trinajstić information content (AvgIpc) is 3.50. The van der Waals surface area contributed by atoms with Gasteiger partial charge in [0.15, 0.2) is 0 Å². The van der Waals surface area contributed by atoms with Gasteiger partial charge < -0.3 is 5.32 Å². The molecule has 3 amide bonds. The molecular weight excluding hydrogens is 490 g/mol. The molecule has 0 aliphatic heterocycles. The number of rotatable bonds is 8.